The van der Waals surface area contributed by atoms with E-state index in [9.17, 15) is 4.79 Å². The van der Waals surface area contributed by atoms with Crippen LogP contribution in [-0.2, 0) is 4.79 Å². The number of likely N-dealkylation sites (tertiary alicyclic amines) is 1. The van der Waals surface area contributed by atoms with Crippen molar-refractivity contribution in [2.24, 2.45) is 5.92 Å². The molecule has 13 heavy (non-hydrogen) atoms. The van der Waals surface area contributed by atoms with Crippen LogP contribution in [-0.4, -0.2) is 36.5 Å². The van der Waals surface area contributed by atoms with E-state index in [1.165, 1.54) is 0 Å². The molecular weight excluding hydrogens is 164 g/mol. The maximum Gasteiger partial charge on any atom is 0.224 e. The minimum absolute atomic E-state index is 0.151. The molecule has 2 rings (SSSR count). The fraction of sp³-hybridized carbons (Fsp3) is 0.900. The predicted octanol–water partition coefficient (Wildman–Crippen LogP) is 0.607. The Balaban J connectivity index is 1.83. The largest absolute Gasteiger partial charge is 0.351 e. The molecule has 3 heteroatoms. The van der Waals surface area contributed by atoms with Crippen LogP contribution in [0.3, 0.4) is 0 Å². The lowest BCUT2D eigenvalue weighted by Gasteiger charge is -2.15. The summed E-state index contributed by atoms with van der Waals surface area (Å²) in [5, 5.41) is 3.13. The van der Waals surface area contributed by atoms with Crippen molar-refractivity contribution in [3.8, 4) is 0 Å². The monoisotopic (exact) mass is 182 g/mol. The van der Waals surface area contributed by atoms with Gasteiger partial charge in [0, 0.05) is 12.1 Å². The highest BCUT2D eigenvalue weighted by Gasteiger charge is 2.40. The SMILES string of the molecule is CN1CCC(C(=O)NC2(C)CC2)C1. The Hall–Kier alpha value is -0.570. The van der Waals surface area contributed by atoms with E-state index in [2.05, 4.69) is 24.2 Å². The number of hydrogen-bond donors (Lipinski definition) is 1. The summed E-state index contributed by atoms with van der Waals surface area (Å²) in [5.41, 5.74) is 0.151. The van der Waals surface area contributed by atoms with Crippen molar-refractivity contribution >= 4 is 5.91 Å². The fourth-order valence-electron chi connectivity index (χ4n) is 1.86. The van der Waals surface area contributed by atoms with Crippen LogP contribution >= 0.6 is 0 Å². The average Bonchev–Trinajstić information content (AvgIpc) is 2.62. The molecule has 1 heterocycles. The van der Waals surface area contributed by atoms with E-state index < -0.39 is 0 Å². The molecule has 0 aromatic carbocycles. The second kappa shape index (κ2) is 2.98. The molecule has 1 aliphatic carbocycles. The zero-order valence-corrected chi connectivity index (χ0v) is 8.47. The first kappa shape index (κ1) is 9.00. The predicted molar refractivity (Wildman–Crippen MR) is 51.4 cm³/mol. The van der Waals surface area contributed by atoms with Crippen LogP contribution in [0.2, 0.25) is 0 Å². The van der Waals surface area contributed by atoms with Gasteiger partial charge in [-0.15, -0.1) is 0 Å². The molecule has 1 saturated heterocycles. The average molecular weight is 182 g/mol. The van der Waals surface area contributed by atoms with Gasteiger partial charge in [-0.05, 0) is 39.8 Å². The second-order valence-corrected chi connectivity index (χ2v) is 4.80. The summed E-state index contributed by atoms with van der Waals surface area (Å²) in [6, 6.07) is 0. The maximum absolute atomic E-state index is 11.7. The zero-order valence-electron chi connectivity index (χ0n) is 8.47. The summed E-state index contributed by atoms with van der Waals surface area (Å²) in [7, 11) is 2.08. The van der Waals surface area contributed by atoms with Crippen molar-refractivity contribution in [3.63, 3.8) is 0 Å². The van der Waals surface area contributed by atoms with Gasteiger partial charge in [-0.3, -0.25) is 4.79 Å². The number of carbonyl (C=O) groups is 1. The molecule has 2 aliphatic rings. The number of nitrogens with zero attached hydrogens (tertiary/aromatic N) is 1. The Morgan fingerprint density at radius 2 is 2.23 bits per heavy atom. The Kier molecular flexibility index (Phi) is 2.06. The normalized spacial score (nSPS) is 31.7. The Labute approximate surface area is 79.5 Å². The van der Waals surface area contributed by atoms with Crippen molar-refractivity contribution in [2.75, 3.05) is 20.1 Å². The third kappa shape index (κ3) is 2.02. The summed E-state index contributed by atoms with van der Waals surface area (Å²) < 4.78 is 0. The molecule has 0 radical (unpaired) electrons. The number of amides is 1. The number of nitrogens with one attached hydrogen (secondary N) is 1. The van der Waals surface area contributed by atoms with Gasteiger partial charge in [0.2, 0.25) is 5.91 Å². The van der Waals surface area contributed by atoms with E-state index in [4.69, 9.17) is 0 Å². The van der Waals surface area contributed by atoms with Crippen LogP contribution < -0.4 is 5.32 Å². The van der Waals surface area contributed by atoms with Crippen LogP contribution in [0.5, 0.6) is 0 Å². The molecule has 0 bridgehead atoms. The minimum atomic E-state index is 0.151. The summed E-state index contributed by atoms with van der Waals surface area (Å²) in [4.78, 5) is 13.9. The molecule has 0 aromatic rings. The topological polar surface area (TPSA) is 32.3 Å². The lowest BCUT2D eigenvalue weighted by Crippen LogP contribution is -2.39. The molecule has 3 nitrogen and oxygen atoms in total. The first-order chi connectivity index (χ1) is 6.09. The molecule has 0 aromatic heterocycles. The van der Waals surface area contributed by atoms with Gasteiger partial charge in [0.15, 0.2) is 0 Å². The smallest absolute Gasteiger partial charge is 0.224 e. The molecular formula is C10H18N2O. The zero-order chi connectivity index (χ0) is 9.47. The van der Waals surface area contributed by atoms with Gasteiger partial charge >= 0.3 is 0 Å². The second-order valence-electron chi connectivity index (χ2n) is 4.80. The Morgan fingerprint density at radius 1 is 1.54 bits per heavy atom. The lowest BCUT2D eigenvalue weighted by molar-refractivity contribution is -0.125. The third-order valence-corrected chi connectivity index (χ3v) is 3.19. The van der Waals surface area contributed by atoms with Gasteiger partial charge < -0.3 is 10.2 Å². The van der Waals surface area contributed by atoms with Crippen molar-refractivity contribution in [2.45, 2.75) is 31.7 Å². The highest BCUT2D eigenvalue weighted by molar-refractivity contribution is 5.80. The van der Waals surface area contributed by atoms with Crippen LogP contribution in [0.25, 0.3) is 0 Å². The van der Waals surface area contributed by atoms with E-state index in [-0.39, 0.29) is 17.4 Å². The highest BCUT2D eigenvalue weighted by Crippen LogP contribution is 2.34. The molecule has 2 fully saturated rings. The number of carbonyl (C=O) groups excluding carboxylic acids is 1. The van der Waals surface area contributed by atoms with E-state index in [0.717, 1.165) is 32.4 Å². The maximum atomic E-state index is 11.7. The van der Waals surface area contributed by atoms with Gasteiger partial charge in [-0.25, -0.2) is 0 Å². The van der Waals surface area contributed by atoms with E-state index >= 15 is 0 Å². The molecule has 74 valence electrons. The standard InChI is InChI=1S/C10H18N2O/c1-10(4-5-10)11-9(13)8-3-6-12(2)7-8/h8H,3-7H2,1-2H3,(H,11,13). The Bertz CT molecular complexity index is 223. The summed E-state index contributed by atoms with van der Waals surface area (Å²) in [6.07, 6.45) is 3.33. The molecule has 0 spiro atoms. The third-order valence-electron chi connectivity index (χ3n) is 3.19. The van der Waals surface area contributed by atoms with Crippen LogP contribution in [0.4, 0.5) is 0 Å². The van der Waals surface area contributed by atoms with Crippen molar-refractivity contribution in [3.05, 3.63) is 0 Å². The van der Waals surface area contributed by atoms with Gasteiger partial charge in [0.1, 0.15) is 0 Å². The minimum Gasteiger partial charge on any atom is -0.351 e. The molecule has 1 amide bonds. The molecule has 1 N–H and O–H groups in total. The summed E-state index contributed by atoms with van der Waals surface area (Å²) in [5.74, 6) is 0.506. The first-order valence-corrected chi connectivity index (χ1v) is 5.10. The quantitative estimate of drug-likeness (QED) is 0.678. The summed E-state index contributed by atoms with van der Waals surface area (Å²) >= 11 is 0. The highest BCUT2D eigenvalue weighted by atomic mass is 16.2. The van der Waals surface area contributed by atoms with Crippen molar-refractivity contribution < 1.29 is 4.79 Å². The summed E-state index contributed by atoms with van der Waals surface area (Å²) in [6.45, 7) is 4.13. The van der Waals surface area contributed by atoms with Gasteiger partial charge in [0.25, 0.3) is 0 Å². The lowest BCUT2D eigenvalue weighted by atomic mass is 10.1. The van der Waals surface area contributed by atoms with Gasteiger partial charge in [-0.2, -0.15) is 0 Å². The molecule has 1 saturated carbocycles. The molecule has 1 unspecified atom stereocenters. The van der Waals surface area contributed by atoms with Crippen molar-refractivity contribution in [1.29, 1.82) is 0 Å². The van der Waals surface area contributed by atoms with E-state index in [1.54, 1.807) is 0 Å². The van der Waals surface area contributed by atoms with E-state index in [1.807, 2.05) is 0 Å². The molecule has 1 aliphatic heterocycles. The first-order valence-electron chi connectivity index (χ1n) is 5.10. The number of hydrogen-bond acceptors (Lipinski definition) is 2. The molecule has 1 atom stereocenters. The Morgan fingerprint density at radius 3 is 2.69 bits per heavy atom. The van der Waals surface area contributed by atoms with Crippen molar-refractivity contribution in [1.82, 2.24) is 10.2 Å². The van der Waals surface area contributed by atoms with Gasteiger partial charge in [-0.1, -0.05) is 0 Å². The van der Waals surface area contributed by atoms with Crippen LogP contribution in [0.15, 0.2) is 0 Å². The van der Waals surface area contributed by atoms with Gasteiger partial charge in [0.05, 0.1) is 5.92 Å². The number of rotatable bonds is 2. The van der Waals surface area contributed by atoms with E-state index in [0.29, 0.717) is 0 Å². The van der Waals surface area contributed by atoms with Crippen LogP contribution in [0, 0.1) is 5.92 Å². The fourth-order valence-corrected chi connectivity index (χ4v) is 1.86. The van der Waals surface area contributed by atoms with Crippen LogP contribution in [0.1, 0.15) is 26.2 Å².